The van der Waals surface area contributed by atoms with E-state index in [2.05, 4.69) is 9.72 Å². The van der Waals surface area contributed by atoms with Crippen LogP contribution in [0.25, 0.3) is 11.1 Å². The number of methoxy groups -OCH3 is 1. The number of pyridine rings is 1. The van der Waals surface area contributed by atoms with Gasteiger partial charge >= 0.3 is 5.97 Å². The van der Waals surface area contributed by atoms with Crippen LogP contribution < -0.4 is 0 Å². The fourth-order valence-corrected chi connectivity index (χ4v) is 2.01. The van der Waals surface area contributed by atoms with Gasteiger partial charge in [0.05, 0.1) is 13.5 Å². The van der Waals surface area contributed by atoms with Gasteiger partial charge in [0, 0.05) is 23.5 Å². The number of hydrogen-bond donors (Lipinski definition) is 0. The largest absolute Gasteiger partial charge is 0.469 e. The number of carbonyl (C=O) groups excluding carboxylic acids is 2. The zero-order chi connectivity index (χ0) is 14.5. The normalized spacial score (nSPS) is 10.1. The smallest absolute Gasteiger partial charge is 0.310 e. The maximum Gasteiger partial charge on any atom is 0.310 e. The highest BCUT2D eigenvalue weighted by Crippen LogP contribution is 2.24. The molecule has 0 saturated heterocycles. The Morgan fingerprint density at radius 3 is 2.80 bits per heavy atom. The number of carbonyl (C=O) groups is 2. The Morgan fingerprint density at radius 1 is 1.30 bits per heavy atom. The Labute approximate surface area is 117 Å². The standard InChI is InChI=1S/C16H15NO3/c1-11-3-4-15(14(5-11)10-18)13-6-12(8-17-9-13)7-16(19)20-2/h3-6,8-10H,7H2,1-2H3. The summed E-state index contributed by atoms with van der Waals surface area (Å²) in [5.74, 6) is -0.316. The van der Waals surface area contributed by atoms with Crippen molar-refractivity contribution < 1.29 is 14.3 Å². The summed E-state index contributed by atoms with van der Waals surface area (Å²) in [6.45, 7) is 1.93. The lowest BCUT2D eigenvalue weighted by atomic mass is 9.98. The molecule has 0 fully saturated rings. The number of esters is 1. The third kappa shape index (κ3) is 3.09. The zero-order valence-electron chi connectivity index (χ0n) is 11.4. The van der Waals surface area contributed by atoms with Crippen LogP contribution in [0.15, 0.2) is 36.7 Å². The van der Waals surface area contributed by atoms with Crippen molar-refractivity contribution in [3.05, 3.63) is 53.3 Å². The first kappa shape index (κ1) is 13.9. The molecule has 0 bridgehead atoms. The average Bonchev–Trinajstić information content (AvgIpc) is 2.47. The molecule has 102 valence electrons. The molecule has 0 spiro atoms. The third-order valence-electron chi connectivity index (χ3n) is 3.02. The number of benzene rings is 1. The Bertz CT molecular complexity index is 650. The second-order valence-electron chi connectivity index (χ2n) is 4.54. The van der Waals surface area contributed by atoms with Crippen LogP contribution in [0.1, 0.15) is 21.5 Å². The van der Waals surface area contributed by atoms with Gasteiger partial charge in [0.25, 0.3) is 0 Å². The van der Waals surface area contributed by atoms with Gasteiger partial charge in [0.1, 0.15) is 0 Å². The number of aryl methyl sites for hydroxylation is 1. The number of hydrogen-bond acceptors (Lipinski definition) is 4. The van der Waals surface area contributed by atoms with E-state index in [1.807, 2.05) is 31.2 Å². The van der Waals surface area contributed by atoms with E-state index >= 15 is 0 Å². The van der Waals surface area contributed by atoms with Crippen molar-refractivity contribution in [1.82, 2.24) is 4.98 Å². The van der Waals surface area contributed by atoms with Crippen molar-refractivity contribution in [1.29, 1.82) is 0 Å². The highest BCUT2D eigenvalue weighted by Gasteiger charge is 2.08. The van der Waals surface area contributed by atoms with Gasteiger partial charge in [-0.15, -0.1) is 0 Å². The molecule has 2 rings (SSSR count). The predicted molar refractivity (Wildman–Crippen MR) is 75.5 cm³/mol. The molecule has 0 aliphatic rings. The zero-order valence-corrected chi connectivity index (χ0v) is 11.4. The van der Waals surface area contributed by atoms with E-state index in [4.69, 9.17) is 0 Å². The molecule has 0 unspecified atom stereocenters. The highest BCUT2D eigenvalue weighted by molar-refractivity contribution is 5.88. The lowest BCUT2D eigenvalue weighted by Gasteiger charge is -2.07. The SMILES string of the molecule is COC(=O)Cc1cncc(-c2ccc(C)cc2C=O)c1. The van der Waals surface area contributed by atoms with Crippen molar-refractivity contribution in [2.24, 2.45) is 0 Å². The van der Waals surface area contributed by atoms with E-state index in [0.717, 1.165) is 28.5 Å². The Balaban J connectivity index is 2.40. The second-order valence-corrected chi connectivity index (χ2v) is 4.54. The molecule has 0 saturated carbocycles. The molecule has 0 amide bonds. The molecule has 1 heterocycles. The summed E-state index contributed by atoms with van der Waals surface area (Å²) >= 11 is 0. The molecule has 1 aromatic heterocycles. The van der Waals surface area contributed by atoms with Crippen LogP contribution in [0.3, 0.4) is 0 Å². The minimum atomic E-state index is -0.316. The molecule has 0 aliphatic carbocycles. The number of aldehydes is 1. The van der Waals surface area contributed by atoms with Crippen LogP contribution in [0.4, 0.5) is 0 Å². The predicted octanol–water partition coefficient (Wildman–Crippen LogP) is 2.59. The molecule has 0 atom stereocenters. The first-order valence-electron chi connectivity index (χ1n) is 6.21. The molecule has 4 nitrogen and oxygen atoms in total. The molecule has 0 N–H and O–H groups in total. The fraction of sp³-hybridized carbons (Fsp3) is 0.188. The van der Waals surface area contributed by atoms with Crippen LogP contribution in [-0.2, 0) is 16.0 Å². The van der Waals surface area contributed by atoms with E-state index in [9.17, 15) is 9.59 Å². The van der Waals surface area contributed by atoms with Gasteiger partial charge < -0.3 is 4.74 Å². The van der Waals surface area contributed by atoms with E-state index < -0.39 is 0 Å². The summed E-state index contributed by atoms with van der Waals surface area (Å²) in [5, 5.41) is 0. The highest BCUT2D eigenvalue weighted by atomic mass is 16.5. The molecule has 20 heavy (non-hydrogen) atoms. The van der Waals surface area contributed by atoms with Crippen LogP contribution >= 0.6 is 0 Å². The third-order valence-corrected chi connectivity index (χ3v) is 3.02. The van der Waals surface area contributed by atoms with Gasteiger partial charge in [-0.05, 0) is 30.2 Å². The average molecular weight is 269 g/mol. The van der Waals surface area contributed by atoms with E-state index in [1.54, 1.807) is 12.4 Å². The van der Waals surface area contributed by atoms with E-state index in [1.165, 1.54) is 7.11 Å². The monoisotopic (exact) mass is 269 g/mol. The molecule has 2 aromatic rings. The molecular formula is C16H15NO3. The van der Waals surface area contributed by atoms with Crippen molar-refractivity contribution in [2.75, 3.05) is 7.11 Å². The lowest BCUT2D eigenvalue weighted by molar-refractivity contribution is -0.139. The summed E-state index contributed by atoms with van der Waals surface area (Å²) in [6.07, 6.45) is 4.29. The Morgan fingerprint density at radius 2 is 2.10 bits per heavy atom. The van der Waals surface area contributed by atoms with Gasteiger partial charge in [-0.25, -0.2) is 0 Å². The van der Waals surface area contributed by atoms with Crippen molar-refractivity contribution in [2.45, 2.75) is 13.3 Å². The van der Waals surface area contributed by atoms with Crippen LogP contribution in [0.2, 0.25) is 0 Å². The minimum Gasteiger partial charge on any atom is -0.469 e. The topological polar surface area (TPSA) is 56.3 Å². The van der Waals surface area contributed by atoms with Crippen LogP contribution in [0.5, 0.6) is 0 Å². The number of aromatic nitrogens is 1. The molecular weight excluding hydrogens is 254 g/mol. The van der Waals surface area contributed by atoms with Gasteiger partial charge in [-0.3, -0.25) is 14.6 Å². The molecule has 0 radical (unpaired) electrons. The maximum absolute atomic E-state index is 11.3. The van der Waals surface area contributed by atoms with E-state index in [-0.39, 0.29) is 12.4 Å². The maximum atomic E-state index is 11.3. The fourth-order valence-electron chi connectivity index (χ4n) is 2.01. The van der Waals surface area contributed by atoms with Gasteiger partial charge in [0.15, 0.2) is 6.29 Å². The quantitative estimate of drug-likeness (QED) is 0.632. The summed E-state index contributed by atoms with van der Waals surface area (Å²) < 4.78 is 4.64. The number of rotatable bonds is 4. The molecule has 4 heteroatoms. The van der Waals surface area contributed by atoms with Crippen LogP contribution in [-0.4, -0.2) is 24.3 Å². The van der Waals surface area contributed by atoms with E-state index in [0.29, 0.717) is 5.56 Å². The minimum absolute atomic E-state index is 0.166. The van der Waals surface area contributed by atoms with Crippen molar-refractivity contribution >= 4 is 12.3 Å². The summed E-state index contributed by atoms with van der Waals surface area (Å²) in [5.41, 5.74) is 4.02. The lowest BCUT2D eigenvalue weighted by Crippen LogP contribution is -2.04. The Hall–Kier alpha value is -2.49. The summed E-state index contributed by atoms with van der Waals surface area (Å²) in [4.78, 5) is 26.6. The van der Waals surface area contributed by atoms with Gasteiger partial charge in [-0.2, -0.15) is 0 Å². The number of ether oxygens (including phenoxy) is 1. The van der Waals surface area contributed by atoms with Crippen molar-refractivity contribution in [3.63, 3.8) is 0 Å². The molecule has 0 aliphatic heterocycles. The second kappa shape index (κ2) is 6.10. The summed E-state index contributed by atoms with van der Waals surface area (Å²) in [7, 11) is 1.35. The van der Waals surface area contributed by atoms with Gasteiger partial charge in [0.2, 0.25) is 0 Å². The van der Waals surface area contributed by atoms with Crippen molar-refractivity contribution in [3.8, 4) is 11.1 Å². The Kier molecular flexibility index (Phi) is 4.25. The first-order chi connectivity index (χ1) is 9.63. The summed E-state index contributed by atoms with van der Waals surface area (Å²) in [6, 6.07) is 7.50. The first-order valence-corrected chi connectivity index (χ1v) is 6.21. The van der Waals surface area contributed by atoms with Crippen LogP contribution in [0, 0.1) is 6.92 Å². The number of nitrogens with zero attached hydrogens (tertiary/aromatic N) is 1. The molecule has 1 aromatic carbocycles. The van der Waals surface area contributed by atoms with Gasteiger partial charge in [-0.1, -0.05) is 17.7 Å².